The Morgan fingerprint density at radius 1 is 1.07 bits per heavy atom. The van der Waals surface area contributed by atoms with Crippen molar-refractivity contribution in [3.63, 3.8) is 0 Å². The fourth-order valence-electron chi connectivity index (χ4n) is 2.35. The molecular weight excluding hydrogens is 404 g/mol. The number of rotatable bonds is 6. The lowest BCUT2D eigenvalue weighted by molar-refractivity contribution is -0.274. The number of aliphatic imine (C=N–C) groups is 1. The van der Waals surface area contributed by atoms with Crippen LogP contribution in [0.25, 0.3) is 0 Å². The molecule has 6 nitrogen and oxygen atoms in total. The molecule has 0 radical (unpaired) electrons. The first-order chi connectivity index (χ1) is 14.3. The minimum absolute atomic E-state index is 0.0213. The maximum atomic E-state index is 13.2. The second kappa shape index (κ2) is 9.12. The summed E-state index contributed by atoms with van der Waals surface area (Å²) >= 11 is 0. The monoisotopic (exact) mass is 420 g/mol. The number of aromatic nitrogens is 1. The summed E-state index contributed by atoms with van der Waals surface area (Å²) in [6.45, 7) is 0.119. The minimum Gasteiger partial charge on any atom is -0.439 e. The van der Waals surface area contributed by atoms with Crippen LogP contribution < -0.4 is 20.5 Å². The summed E-state index contributed by atoms with van der Waals surface area (Å²) in [6.07, 6.45) is -3.34. The van der Waals surface area contributed by atoms with Crippen LogP contribution >= 0.6 is 0 Å². The number of hydrogen-bond donors (Lipinski definition) is 2. The lowest BCUT2D eigenvalue weighted by atomic mass is 10.3. The number of halogens is 4. The summed E-state index contributed by atoms with van der Waals surface area (Å²) < 4.78 is 60.0. The predicted octanol–water partition coefficient (Wildman–Crippen LogP) is 4.84. The highest BCUT2D eigenvalue weighted by Crippen LogP contribution is 2.29. The maximum Gasteiger partial charge on any atom is 0.573 e. The molecule has 30 heavy (non-hydrogen) atoms. The topological polar surface area (TPSA) is 81.8 Å². The third kappa shape index (κ3) is 6.36. The largest absolute Gasteiger partial charge is 0.573 e. The van der Waals surface area contributed by atoms with Crippen molar-refractivity contribution in [3.05, 3.63) is 78.2 Å². The van der Waals surface area contributed by atoms with E-state index in [0.29, 0.717) is 11.3 Å². The molecule has 3 N–H and O–H groups in total. The Kier molecular flexibility index (Phi) is 6.35. The van der Waals surface area contributed by atoms with E-state index in [2.05, 4.69) is 20.0 Å². The summed E-state index contributed by atoms with van der Waals surface area (Å²) in [7, 11) is 0. The molecule has 1 heterocycles. The summed E-state index contributed by atoms with van der Waals surface area (Å²) in [5, 5.41) is 2.57. The summed E-state index contributed by atoms with van der Waals surface area (Å²) in [5.74, 6) is -0.389. The average Bonchev–Trinajstić information content (AvgIpc) is 2.68. The lowest BCUT2D eigenvalue weighted by Gasteiger charge is -2.14. The third-order valence-electron chi connectivity index (χ3n) is 3.62. The molecule has 3 rings (SSSR count). The average molecular weight is 420 g/mol. The molecule has 0 atom stereocenters. The lowest BCUT2D eigenvalue weighted by Crippen LogP contribution is -2.24. The van der Waals surface area contributed by atoms with Crippen molar-refractivity contribution < 1.29 is 27.0 Å². The first-order valence-electron chi connectivity index (χ1n) is 8.58. The zero-order valence-electron chi connectivity index (χ0n) is 15.4. The van der Waals surface area contributed by atoms with Gasteiger partial charge in [0.2, 0.25) is 5.88 Å². The Bertz CT molecular complexity index is 1020. The molecule has 3 aromatic rings. The molecule has 0 aliphatic heterocycles. The van der Waals surface area contributed by atoms with E-state index in [9.17, 15) is 17.6 Å². The molecule has 10 heteroatoms. The fourth-order valence-corrected chi connectivity index (χ4v) is 2.35. The Balaban J connectivity index is 1.61. The Morgan fingerprint density at radius 3 is 2.57 bits per heavy atom. The van der Waals surface area contributed by atoms with E-state index in [4.69, 9.17) is 10.5 Å². The van der Waals surface area contributed by atoms with Crippen molar-refractivity contribution in [2.45, 2.75) is 12.9 Å². The number of nitrogens with one attached hydrogen (secondary N) is 1. The summed E-state index contributed by atoms with van der Waals surface area (Å²) in [4.78, 5) is 8.17. The van der Waals surface area contributed by atoms with Gasteiger partial charge in [0, 0.05) is 18.3 Å². The molecule has 156 valence electrons. The first-order valence-corrected chi connectivity index (χ1v) is 8.58. The Hall–Kier alpha value is -3.82. The molecule has 0 bridgehead atoms. The summed E-state index contributed by atoms with van der Waals surface area (Å²) in [6, 6.07) is 14.4. The molecule has 0 amide bonds. The quantitative estimate of drug-likeness (QED) is 0.339. The van der Waals surface area contributed by atoms with E-state index in [1.165, 1.54) is 42.6 Å². The fraction of sp³-hybridized carbons (Fsp3) is 0.100. The van der Waals surface area contributed by atoms with Crippen molar-refractivity contribution in [2.75, 3.05) is 5.32 Å². The van der Waals surface area contributed by atoms with Gasteiger partial charge in [-0.05, 0) is 29.8 Å². The number of benzene rings is 2. The molecule has 0 spiro atoms. The smallest absolute Gasteiger partial charge is 0.439 e. The van der Waals surface area contributed by atoms with Crippen molar-refractivity contribution in [3.8, 4) is 17.4 Å². The predicted molar refractivity (Wildman–Crippen MR) is 103 cm³/mol. The van der Waals surface area contributed by atoms with Crippen LogP contribution in [0.5, 0.6) is 17.4 Å². The SMILES string of the molecule is NC(=NCc1ccc(Oc2cccc(F)c2)nc1)Nc1ccccc1OC(F)(F)F. The van der Waals surface area contributed by atoms with Crippen molar-refractivity contribution in [1.29, 1.82) is 0 Å². The molecule has 1 aromatic heterocycles. The van der Waals surface area contributed by atoms with Gasteiger partial charge in [-0.15, -0.1) is 13.2 Å². The number of guanidine groups is 1. The molecule has 2 aromatic carbocycles. The van der Waals surface area contributed by atoms with Crippen LogP contribution in [0.1, 0.15) is 5.56 Å². The van der Waals surface area contributed by atoms with Gasteiger partial charge in [0.25, 0.3) is 0 Å². The van der Waals surface area contributed by atoms with Gasteiger partial charge in [-0.1, -0.05) is 24.3 Å². The number of para-hydroxylation sites is 2. The molecular formula is C20H16F4N4O2. The number of anilines is 1. The first kappa shape index (κ1) is 20.9. The van der Waals surface area contributed by atoms with Crippen LogP contribution in [0, 0.1) is 5.82 Å². The van der Waals surface area contributed by atoms with E-state index in [1.54, 1.807) is 18.2 Å². The highest BCUT2D eigenvalue weighted by atomic mass is 19.4. The van der Waals surface area contributed by atoms with E-state index < -0.39 is 17.9 Å². The number of nitrogens with two attached hydrogens (primary N) is 1. The summed E-state index contributed by atoms with van der Waals surface area (Å²) in [5.41, 5.74) is 6.45. The highest BCUT2D eigenvalue weighted by Gasteiger charge is 2.32. The van der Waals surface area contributed by atoms with E-state index in [0.717, 1.165) is 6.07 Å². The molecule has 0 aliphatic rings. The maximum absolute atomic E-state index is 13.2. The molecule has 0 aliphatic carbocycles. The highest BCUT2D eigenvalue weighted by molar-refractivity contribution is 5.93. The van der Waals surface area contributed by atoms with E-state index in [1.807, 2.05) is 0 Å². The van der Waals surface area contributed by atoms with Crippen molar-refractivity contribution in [1.82, 2.24) is 4.98 Å². The number of hydrogen-bond acceptors (Lipinski definition) is 4. The van der Waals surface area contributed by atoms with Crippen molar-refractivity contribution >= 4 is 11.6 Å². The van der Waals surface area contributed by atoms with Crippen LogP contribution in [0.15, 0.2) is 71.9 Å². The number of alkyl halides is 3. The second-order valence-corrected chi connectivity index (χ2v) is 5.93. The minimum atomic E-state index is -4.83. The second-order valence-electron chi connectivity index (χ2n) is 5.93. The number of nitrogens with zero attached hydrogens (tertiary/aromatic N) is 2. The van der Waals surface area contributed by atoms with Gasteiger partial charge in [0.15, 0.2) is 11.7 Å². The van der Waals surface area contributed by atoms with Crippen molar-refractivity contribution in [2.24, 2.45) is 10.7 Å². The molecule has 0 saturated carbocycles. The van der Waals surface area contributed by atoms with E-state index in [-0.39, 0.29) is 24.1 Å². The van der Waals surface area contributed by atoms with E-state index >= 15 is 0 Å². The van der Waals surface area contributed by atoms with Gasteiger partial charge in [-0.25, -0.2) is 14.4 Å². The third-order valence-corrected chi connectivity index (χ3v) is 3.62. The number of pyridine rings is 1. The van der Waals surface area contributed by atoms with Gasteiger partial charge in [-0.2, -0.15) is 0 Å². The molecule has 0 unspecified atom stereocenters. The number of ether oxygens (including phenoxy) is 2. The van der Waals surface area contributed by atoms with Gasteiger partial charge in [-0.3, -0.25) is 0 Å². The van der Waals surface area contributed by atoms with Gasteiger partial charge >= 0.3 is 6.36 Å². The van der Waals surface area contributed by atoms with Crippen LogP contribution in [-0.2, 0) is 6.54 Å². The molecule has 0 saturated heterocycles. The van der Waals surface area contributed by atoms with Crippen LogP contribution in [0.3, 0.4) is 0 Å². The normalized spacial score (nSPS) is 11.8. The van der Waals surface area contributed by atoms with Gasteiger partial charge < -0.3 is 20.5 Å². The van der Waals surface area contributed by atoms with Gasteiger partial charge in [0.1, 0.15) is 11.6 Å². The zero-order chi connectivity index (χ0) is 21.6. The standard InChI is InChI=1S/C20H16F4N4O2/c21-14-4-3-5-15(10-14)29-18-9-8-13(11-26-18)12-27-19(25)28-16-6-1-2-7-17(16)30-20(22,23)24/h1-11H,12H2,(H3,25,27,28). The molecule has 0 fully saturated rings. The Labute approximate surface area is 169 Å². The van der Waals surface area contributed by atoms with Crippen LogP contribution in [-0.4, -0.2) is 17.3 Å². The Morgan fingerprint density at radius 2 is 1.87 bits per heavy atom. The van der Waals surface area contributed by atoms with Crippen LogP contribution in [0.2, 0.25) is 0 Å². The van der Waals surface area contributed by atoms with Gasteiger partial charge in [0.05, 0.1) is 12.2 Å². The zero-order valence-corrected chi connectivity index (χ0v) is 15.4. The van der Waals surface area contributed by atoms with Crippen LogP contribution in [0.4, 0.5) is 23.2 Å².